The van der Waals surface area contributed by atoms with Gasteiger partial charge in [-0.1, -0.05) is 6.42 Å². The molecule has 1 rings (SSSR count). The summed E-state index contributed by atoms with van der Waals surface area (Å²) in [5, 5.41) is 22.5. The third-order valence-electron chi connectivity index (χ3n) is 3.64. The third-order valence-corrected chi connectivity index (χ3v) is 3.64. The van der Waals surface area contributed by atoms with Crippen molar-refractivity contribution in [2.75, 3.05) is 13.7 Å². The highest BCUT2D eigenvalue weighted by Crippen LogP contribution is 2.42. The lowest BCUT2D eigenvalue weighted by Crippen LogP contribution is -2.19. The van der Waals surface area contributed by atoms with Crippen molar-refractivity contribution in [2.45, 2.75) is 31.4 Å². The number of hydrogen-bond acceptors (Lipinski definition) is 7. The Kier molecular flexibility index (Phi) is 7.01. The lowest BCUT2D eigenvalue weighted by molar-refractivity contribution is -0.396. The summed E-state index contributed by atoms with van der Waals surface area (Å²) in [6, 6.07) is 0.364. The van der Waals surface area contributed by atoms with E-state index < -0.39 is 50.4 Å². The third kappa shape index (κ3) is 4.88. The average molecular weight is 379 g/mol. The van der Waals surface area contributed by atoms with Gasteiger partial charge in [0.1, 0.15) is 5.56 Å². The molecule has 26 heavy (non-hydrogen) atoms. The zero-order valence-corrected chi connectivity index (χ0v) is 13.6. The molecule has 1 atom stereocenters. The summed E-state index contributed by atoms with van der Waals surface area (Å²) in [4.78, 5) is 32.2. The van der Waals surface area contributed by atoms with E-state index in [9.17, 15) is 38.2 Å². The number of hydrogen-bond donors (Lipinski definition) is 1. The maximum atomic E-state index is 12.9. The van der Waals surface area contributed by atoms with Gasteiger partial charge in [0, 0.05) is 12.1 Å². The summed E-state index contributed by atoms with van der Waals surface area (Å²) in [5.41, 5.74) is 0.751. The largest absolute Gasteiger partial charge is 0.469 e. The summed E-state index contributed by atoms with van der Waals surface area (Å²) >= 11 is 0. The standard InChI is InChI=1S/C14H16F3N3O6/c1-26-13(21)9(4-2-3-5-18)12-10(19(22)23)6-8(14(15,16)17)7-11(12)20(24)25/h6-7,9H,2-5,18H2,1H3. The highest BCUT2D eigenvalue weighted by Gasteiger charge is 2.41. The van der Waals surface area contributed by atoms with Crippen LogP contribution < -0.4 is 5.73 Å². The molecule has 0 aliphatic heterocycles. The molecular formula is C14H16F3N3O6. The number of rotatable bonds is 8. The van der Waals surface area contributed by atoms with Crippen molar-refractivity contribution in [3.05, 3.63) is 43.5 Å². The van der Waals surface area contributed by atoms with Crippen LogP contribution in [0.2, 0.25) is 0 Å². The van der Waals surface area contributed by atoms with E-state index in [4.69, 9.17) is 5.73 Å². The van der Waals surface area contributed by atoms with Crippen LogP contribution in [0.25, 0.3) is 0 Å². The molecule has 12 heteroatoms. The summed E-state index contributed by atoms with van der Waals surface area (Å²) in [5.74, 6) is -2.48. The van der Waals surface area contributed by atoms with Gasteiger partial charge in [0.25, 0.3) is 11.4 Å². The van der Waals surface area contributed by atoms with Crippen molar-refractivity contribution in [3.8, 4) is 0 Å². The zero-order valence-electron chi connectivity index (χ0n) is 13.6. The van der Waals surface area contributed by atoms with Crippen molar-refractivity contribution in [1.82, 2.24) is 0 Å². The van der Waals surface area contributed by atoms with Gasteiger partial charge in [0.2, 0.25) is 0 Å². The Hall–Kier alpha value is -2.76. The van der Waals surface area contributed by atoms with E-state index in [1.165, 1.54) is 0 Å². The number of nitro benzene ring substituents is 2. The van der Waals surface area contributed by atoms with Gasteiger partial charge in [-0.3, -0.25) is 25.0 Å². The first-order valence-electron chi connectivity index (χ1n) is 7.36. The number of carbonyl (C=O) groups excluding carboxylic acids is 1. The number of unbranched alkanes of at least 4 members (excludes halogenated alkanes) is 1. The van der Waals surface area contributed by atoms with Gasteiger partial charge < -0.3 is 10.5 Å². The number of nitrogens with zero attached hydrogens (tertiary/aromatic N) is 2. The first kappa shape index (κ1) is 21.3. The highest BCUT2D eigenvalue weighted by atomic mass is 19.4. The molecule has 0 aliphatic rings. The number of ether oxygens (including phenoxy) is 1. The number of nitro groups is 2. The Labute approximate surface area is 145 Å². The molecule has 0 heterocycles. The van der Waals surface area contributed by atoms with Gasteiger partial charge in [-0.2, -0.15) is 13.2 Å². The van der Waals surface area contributed by atoms with Crippen LogP contribution in [0, 0.1) is 20.2 Å². The van der Waals surface area contributed by atoms with Gasteiger partial charge in [-0.25, -0.2) is 0 Å². The molecule has 0 aliphatic carbocycles. The maximum absolute atomic E-state index is 12.9. The number of methoxy groups -OCH3 is 1. The van der Waals surface area contributed by atoms with Crippen LogP contribution in [0.5, 0.6) is 0 Å². The predicted molar refractivity (Wildman–Crippen MR) is 82.4 cm³/mol. The molecule has 0 amide bonds. The minimum Gasteiger partial charge on any atom is -0.469 e. The molecule has 0 fully saturated rings. The molecule has 1 aromatic carbocycles. The number of nitrogens with two attached hydrogens (primary N) is 1. The predicted octanol–water partition coefficient (Wildman–Crippen LogP) is 2.91. The Morgan fingerprint density at radius 1 is 1.19 bits per heavy atom. The van der Waals surface area contributed by atoms with Crippen LogP contribution in [0.15, 0.2) is 12.1 Å². The fourth-order valence-corrected chi connectivity index (χ4v) is 2.46. The Bertz CT molecular complexity index is 673. The lowest BCUT2D eigenvalue weighted by atomic mass is 9.89. The van der Waals surface area contributed by atoms with E-state index >= 15 is 0 Å². The van der Waals surface area contributed by atoms with Crippen LogP contribution in [0.4, 0.5) is 24.5 Å². The molecule has 144 valence electrons. The molecule has 1 unspecified atom stereocenters. The van der Waals surface area contributed by atoms with Crippen molar-refractivity contribution >= 4 is 17.3 Å². The summed E-state index contributed by atoms with van der Waals surface area (Å²) < 4.78 is 43.3. The summed E-state index contributed by atoms with van der Waals surface area (Å²) in [6.07, 6.45) is -4.45. The molecule has 0 saturated heterocycles. The molecule has 0 bridgehead atoms. The van der Waals surface area contributed by atoms with Crippen molar-refractivity contribution < 1.29 is 32.5 Å². The molecule has 0 spiro atoms. The second-order valence-corrected chi connectivity index (χ2v) is 5.30. The topological polar surface area (TPSA) is 139 Å². The smallest absolute Gasteiger partial charge is 0.416 e. The average Bonchev–Trinajstić information content (AvgIpc) is 2.56. The molecule has 0 radical (unpaired) electrons. The number of esters is 1. The minimum absolute atomic E-state index is 0.100. The first-order chi connectivity index (χ1) is 12.0. The van der Waals surface area contributed by atoms with Crippen LogP contribution in [-0.2, 0) is 15.7 Å². The zero-order chi connectivity index (χ0) is 20.1. The Balaban J connectivity index is 3.70. The van der Waals surface area contributed by atoms with Gasteiger partial charge in [-0.15, -0.1) is 0 Å². The van der Waals surface area contributed by atoms with Crippen molar-refractivity contribution in [1.29, 1.82) is 0 Å². The fourth-order valence-electron chi connectivity index (χ4n) is 2.46. The normalized spacial score (nSPS) is 12.5. The van der Waals surface area contributed by atoms with Crippen molar-refractivity contribution in [3.63, 3.8) is 0 Å². The van der Waals surface area contributed by atoms with Crippen LogP contribution >= 0.6 is 0 Å². The second-order valence-electron chi connectivity index (χ2n) is 5.30. The number of halogens is 3. The first-order valence-corrected chi connectivity index (χ1v) is 7.36. The number of carbonyl (C=O) groups is 1. The van der Waals surface area contributed by atoms with Gasteiger partial charge >= 0.3 is 12.1 Å². The molecule has 0 saturated carbocycles. The second kappa shape index (κ2) is 8.56. The van der Waals surface area contributed by atoms with Crippen LogP contribution in [0.1, 0.15) is 36.3 Å². The summed E-state index contributed by atoms with van der Waals surface area (Å²) in [6.45, 7) is 0.241. The quantitative estimate of drug-likeness (QED) is 0.317. The Morgan fingerprint density at radius 2 is 1.69 bits per heavy atom. The molecular weight excluding hydrogens is 363 g/mol. The fraction of sp³-hybridized carbons (Fsp3) is 0.500. The van der Waals surface area contributed by atoms with E-state index in [0.29, 0.717) is 6.42 Å². The Morgan fingerprint density at radius 3 is 2.04 bits per heavy atom. The van der Waals surface area contributed by atoms with E-state index in [2.05, 4.69) is 4.74 Å². The van der Waals surface area contributed by atoms with E-state index in [-0.39, 0.29) is 31.5 Å². The summed E-state index contributed by atoms with van der Waals surface area (Å²) in [7, 11) is 0.972. The van der Waals surface area contributed by atoms with Crippen LogP contribution in [-0.4, -0.2) is 29.5 Å². The van der Waals surface area contributed by atoms with Crippen molar-refractivity contribution in [2.24, 2.45) is 5.73 Å². The van der Waals surface area contributed by atoms with E-state index in [1.54, 1.807) is 0 Å². The van der Waals surface area contributed by atoms with Crippen LogP contribution in [0.3, 0.4) is 0 Å². The SMILES string of the molecule is COC(=O)C(CCCCN)c1c([N+](=O)[O-])cc(C(F)(F)F)cc1[N+](=O)[O-]. The molecule has 9 nitrogen and oxygen atoms in total. The number of alkyl halides is 3. The van der Waals surface area contributed by atoms with E-state index in [1.807, 2.05) is 0 Å². The van der Waals surface area contributed by atoms with Gasteiger partial charge in [-0.05, 0) is 19.4 Å². The number of benzene rings is 1. The lowest BCUT2D eigenvalue weighted by Gasteiger charge is -2.16. The maximum Gasteiger partial charge on any atom is 0.416 e. The van der Waals surface area contributed by atoms with Gasteiger partial charge in [0.05, 0.1) is 28.4 Å². The van der Waals surface area contributed by atoms with E-state index in [0.717, 1.165) is 7.11 Å². The molecule has 0 aromatic heterocycles. The highest BCUT2D eigenvalue weighted by molar-refractivity contribution is 5.82. The molecule has 1 aromatic rings. The van der Waals surface area contributed by atoms with Gasteiger partial charge in [0.15, 0.2) is 0 Å². The minimum atomic E-state index is -5.03. The monoisotopic (exact) mass is 379 g/mol. The molecule has 2 N–H and O–H groups in total.